The van der Waals surface area contributed by atoms with E-state index in [9.17, 15) is 9.59 Å². The van der Waals surface area contributed by atoms with Gasteiger partial charge in [0.1, 0.15) is 0 Å². The van der Waals surface area contributed by atoms with Crippen LogP contribution in [-0.2, 0) is 9.59 Å². The summed E-state index contributed by atoms with van der Waals surface area (Å²) in [5.74, 6) is 0.285. The number of hydrogen-bond acceptors (Lipinski definition) is 2. The third-order valence-electron chi connectivity index (χ3n) is 4.39. The Kier molecular flexibility index (Phi) is 5.80. The van der Waals surface area contributed by atoms with Gasteiger partial charge in [0.05, 0.1) is 0 Å². The maximum atomic E-state index is 12.4. The van der Waals surface area contributed by atoms with Crippen LogP contribution in [-0.4, -0.2) is 17.9 Å². The maximum absolute atomic E-state index is 12.4. The van der Waals surface area contributed by atoms with Gasteiger partial charge in [-0.05, 0) is 76.6 Å². The molecule has 0 unspecified atom stereocenters. The normalized spacial score (nSPS) is 21.1. The van der Waals surface area contributed by atoms with Crippen molar-refractivity contribution < 1.29 is 9.59 Å². The molecule has 1 aromatic rings. The average molecular weight is 316 g/mol. The molecule has 23 heavy (non-hydrogen) atoms. The molecule has 0 aromatic heterocycles. The minimum atomic E-state index is 0.0129. The molecule has 1 aromatic carbocycles. The topological polar surface area (TPSA) is 58.2 Å². The third-order valence-corrected chi connectivity index (χ3v) is 4.39. The van der Waals surface area contributed by atoms with Crippen LogP contribution in [0.5, 0.6) is 0 Å². The SMILES string of the molecule is Cc1cc(C)cc(NC(=O)C2CCC(C(=O)NC(C)C)CC2)c1. The number of nitrogens with one attached hydrogen (secondary N) is 2. The van der Waals surface area contributed by atoms with Crippen molar-refractivity contribution in [2.45, 2.75) is 59.4 Å². The Morgan fingerprint density at radius 1 is 0.913 bits per heavy atom. The molecule has 0 spiro atoms. The molecule has 0 radical (unpaired) electrons. The van der Waals surface area contributed by atoms with Gasteiger partial charge < -0.3 is 10.6 Å². The van der Waals surface area contributed by atoms with Crippen molar-refractivity contribution in [2.75, 3.05) is 5.32 Å². The molecular formula is C19H28N2O2. The predicted molar refractivity (Wildman–Crippen MR) is 93.3 cm³/mol. The minimum Gasteiger partial charge on any atom is -0.354 e. The lowest BCUT2D eigenvalue weighted by molar-refractivity contribution is -0.128. The molecule has 0 atom stereocenters. The van der Waals surface area contributed by atoms with Gasteiger partial charge in [0, 0.05) is 23.6 Å². The average Bonchev–Trinajstić information content (AvgIpc) is 2.45. The van der Waals surface area contributed by atoms with E-state index in [-0.39, 0.29) is 29.7 Å². The van der Waals surface area contributed by atoms with Gasteiger partial charge in [0.25, 0.3) is 0 Å². The Labute approximate surface area is 139 Å². The first-order chi connectivity index (χ1) is 10.8. The van der Waals surface area contributed by atoms with Crippen LogP contribution >= 0.6 is 0 Å². The number of anilines is 1. The van der Waals surface area contributed by atoms with Crippen LogP contribution in [0.15, 0.2) is 18.2 Å². The summed E-state index contributed by atoms with van der Waals surface area (Å²) in [6, 6.07) is 6.25. The minimum absolute atomic E-state index is 0.0129. The Morgan fingerprint density at radius 2 is 1.39 bits per heavy atom. The number of benzene rings is 1. The number of carbonyl (C=O) groups is 2. The van der Waals surface area contributed by atoms with E-state index in [0.29, 0.717) is 0 Å². The smallest absolute Gasteiger partial charge is 0.227 e. The van der Waals surface area contributed by atoms with E-state index in [1.165, 1.54) is 0 Å². The molecule has 126 valence electrons. The van der Waals surface area contributed by atoms with Gasteiger partial charge in [0.15, 0.2) is 0 Å². The molecule has 1 fully saturated rings. The lowest BCUT2D eigenvalue weighted by Gasteiger charge is -2.27. The van der Waals surface area contributed by atoms with Crippen molar-refractivity contribution in [3.8, 4) is 0 Å². The fraction of sp³-hybridized carbons (Fsp3) is 0.579. The van der Waals surface area contributed by atoms with E-state index in [0.717, 1.165) is 42.5 Å². The fourth-order valence-electron chi connectivity index (χ4n) is 3.31. The molecule has 0 saturated heterocycles. The zero-order valence-corrected chi connectivity index (χ0v) is 14.6. The maximum Gasteiger partial charge on any atom is 0.227 e. The predicted octanol–water partition coefficient (Wildman–Crippen LogP) is 3.57. The van der Waals surface area contributed by atoms with Crippen LogP contribution in [0.3, 0.4) is 0 Å². The number of amides is 2. The molecule has 0 heterocycles. The molecular weight excluding hydrogens is 288 g/mol. The molecule has 0 bridgehead atoms. The molecule has 1 aliphatic rings. The molecule has 4 heteroatoms. The van der Waals surface area contributed by atoms with E-state index in [4.69, 9.17) is 0 Å². The summed E-state index contributed by atoms with van der Waals surface area (Å²) in [4.78, 5) is 24.5. The molecule has 2 N–H and O–H groups in total. The number of carbonyl (C=O) groups excluding carboxylic acids is 2. The molecule has 1 aliphatic carbocycles. The lowest BCUT2D eigenvalue weighted by atomic mass is 9.81. The quantitative estimate of drug-likeness (QED) is 0.892. The van der Waals surface area contributed by atoms with Crippen molar-refractivity contribution in [3.63, 3.8) is 0 Å². The Balaban J connectivity index is 1.87. The molecule has 0 aliphatic heterocycles. The Hall–Kier alpha value is -1.84. The number of aryl methyl sites for hydroxylation is 2. The zero-order valence-electron chi connectivity index (χ0n) is 14.6. The summed E-state index contributed by atoms with van der Waals surface area (Å²) in [5.41, 5.74) is 3.16. The monoisotopic (exact) mass is 316 g/mol. The summed E-state index contributed by atoms with van der Waals surface area (Å²) in [6.45, 7) is 8.00. The Bertz CT molecular complexity index is 552. The summed E-state index contributed by atoms with van der Waals surface area (Å²) in [7, 11) is 0. The van der Waals surface area contributed by atoms with Crippen LogP contribution in [0.25, 0.3) is 0 Å². The molecule has 2 rings (SSSR count). The highest BCUT2D eigenvalue weighted by Gasteiger charge is 2.30. The van der Waals surface area contributed by atoms with Gasteiger partial charge in [0.2, 0.25) is 11.8 Å². The number of rotatable bonds is 4. The summed E-state index contributed by atoms with van der Waals surface area (Å²) in [5, 5.41) is 6.00. The Morgan fingerprint density at radius 3 is 1.87 bits per heavy atom. The largest absolute Gasteiger partial charge is 0.354 e. The first-order valence-corrected chi connectivity index (χ1v) is 8.54. The van der Waals surface area contributed by atoms with Gasteiger partial charge in [-0.2, -0.15) is 0 Å². The summed E-state index contributed by atoms with van der Waals surface area (Å²) < 4.78 is 0. The highest BCUT2D eigenvalue weighted by molar-refractivity contribution is 5.93. The van der Waals surface area contributed by atoms with Crippen molar-refractivity contribution in [1.82, 2.24) is 5.32 Å². The van der Waals surface area contributed by atoms with Crippen molar-refractivity contribution in [1.29, 1.82) is 0 Å². The van der Waals surface area contributed by atoms with Crippen LogP contribution in [0.2, 0.25) is 0 Å². The van der Waals surface area contributed by atoms with Gasteiger partial charge in [-0.3, -0.25) is 9.59 Å². The highest BCUT2D eigenvalue weighted by Crippen LogP contribution is 2.30. The van der Waals surface area contributed by atoms with E-state index < -0.39 is 0 Å². The second-order valence-electron chi connectivity index (χ2n) is 7.08. The summed E-state index contributed by atoms with van der Waals surface area (Å²) >= 11 is 0. The molecule has 4 nitrogen and oxygen atoms in total. The molecule has 2 amide bonds. The second kappa shape index (κ2) is 7.62. The van der Waals surface area contributed by atoms with Crippen molar-refractivity contribution in [2.24, 2.45) is 11.8 Å². The van der Waals surface area contributed by atoms with Crippen LogP contribution in [0.1, 0.15) is 50.7 Å². The van der Waals surface area contributed by atoms with Crippen LogP contribution < -0.4 is 10.6 Å². The van der Waals surface area contributed by atoms with Gasteiger partial charge in [-0.15, -0.1) is 0 Å². The standard InChI is InChI=1S/C19H28N2O2/c1-12(2)20-18(22)15-5-7-16(8-6-15)19(23)21-17-10-13(3)9-14(4)11-17/h9-12,15-16H,5-8H2,1-4H3,(H,20,22)(H,21,23). The van der Waals surface area contributed by atoms with E-state index >= 15 is 0 Å². The number of hydrogen-bond donors (Lipinski definition) is 2. The second-order valence-corrected chi connectivity index (χ2v) is 7.08. The third kappa shape index (κ3) is 5.08. The van der Waals surface area contributed by atoms with Gasteiger partial charge in [-0.1, -0.05) is 6.07 Å². The lowest BCUT2D eigenvalue weighted by Crippen LogP contribution is -2.38. The summed E-state index contributed by atoms with van der Waals surface area (Å²) in [6.07, 6.45) is 3.16. The zero-order chi connectivity index (χ0) is 17.0. The van der Waals surface area contributed by atoms with Crippen LogP contribution in [0, 0.1) is 25.7 Å². The van der Waals surface area contributed by atoms with Gasteiger partial charge in [-0.25, -0.2) is 0 Å². The van der Waals surface area contributed by atoms with Crippen molar-refractivity contribution >= 4 is 17.5 Å². The van der Waals surface area contributed by atoms with E-state index in [1.807, 2.05) is 39.8 Å². The first-order valence-electron chi connectivity index (χ1n) is 8.54. The van der Waals surface area contributed by atoms with E-state index in [2.05, 4.69) is 16.7 Å². The fourth-order valence-corrected chi connectivity index (χ4v) is 3.31. The van der Waals surface area contributed by atoms with Crippen molar-refractivity contribution in [3.05, 3.63) is 29.3 Å². The van der Waals surface area contributed by atoms with E-state index in [1.54, 1.807) is 0 Å². The van der Waals surface area contributed by atoms with Crippen LogP contribution in [0.4, 0.5) is 5.69 Å². The van der Waals surface area contributed by atoms with Gasteiger partial charge >= 0.3 is 0 Å². The molecule has 1 saturated carbocycles. The highest BCUT2D eigenvalue weighted by atomic mass is 16.2. The first kappa shape index (κ1) is 17.5.